The first-order valence-corrected chi connectivity index (χ1v) is 13.7. The van der Waals surface area contributed by atoms with Crippen molar-refractivity contribution < 1.29 is 19.1 Å². The van der Waals surface area contributed by atoms with Gasteiger partial charge in [-0.15, -0.1) is 4.91 Å². The van der Waals surface area contributed by atoms with E-state index in [1.807, 2.05) is 13.0 Å². The molecule has 1 N–H and O–H groups in total. The fourth-order valence-corrected chi connectivity index (χ4v) is 5.21. The third-order valence-electron chi connectivity index (χ3n) is 7.46. The molecule has 7 heteroatoms. The third-order valence-corrected chi connectivity index (χ3v) is 7.46. The molecule has 0 fully saturated rings. The molecule has 208 valence electrons. The molecule has 0 radical (unpaired) electrons. The first kappa shape index (κ1) is 27.8. The van der Waals surface area contributed by atoms with E-state index in [2.05, 4.69) is 60.7 Å². The van der Waals surface area contributed by atoms with Gasteiger partial charge in [0.1, 0.15) is 17.2 Å². The van der Waals surface area contributed by atoms with Crippen LogP contribution in [0.3, 0.4) is 0 Å². The molecule has 0 saturated carbocycles. The molecule has 41 heavy (non-hydrogen) atoms. The van der Waals surface area contributed by atoms with Crippen molar-refractivity contribution in [2.45, 2.75) is 39.5 Å². The van der Waals surface area contributed by atoms with Gasteiger partial charge in [-0.3, -0.25) is 9.59 Å². The van der Waals surface area contributed by atoms with E-state index in [9.17, 15) is 14.5 Å². The van der Waals surface area contributed by atoms with Gasteiger partial charge in [0.25, 0.3) is 11.8 Å². The lowest BCUT2D eigenvalue weighted by atomic mass is 9.91. The summed E-state index contributed by atoms with van der Waals surface area (Å²) in [6.07, 6.45) is 1.13. The van der Waals surface area contributed by atoms with Gasteiger partial charge in [-0.1, -0.05) is 48.0 Å². The highest BCUT2D eigenvalue weighted by atomic mass is 16.5. The molecule has 4 aromatic rings. The van der Waals surface area contributed by atoms with Gasteiger partial charge < -0.3 is 14.8 Å². The number of fused-ring (bicyclic) bond motifs is 1. The zero-order chi connectivity index (χ0) is 28.9. The number of carbonyl (C=O) groups is 2. The van der Waals surface area contributed by atoms with E-state index in [1.165, 1.54) is 27.8 Å². The van der Waals surface area contributed by atoms with Crippen LogP contribution < -0.4 is 14.8 Å². The molecule has 0 bridgehead atoms. The quantitative estimate of drug-likeness (QED) is 0.235. The van der Waals surface area contributed by atoms with Gasteiger partial charge >= 0.3 is 0 Å². The average molecular weight is 549 g/mol. The number of carbonyl (C=O) groups excluding carboxylic acids is 2. The highest BCUT2D eigenvalue weighted by Crippen LogP contribution is 2.40. The van der Waals surface area contributed by atoms with Crippen molar-refractivity contribution in [1.82, 2.24) is 5.32 Å². The van der Waals surface area contributed by atoms with E-state index >= 15 is 0 Å². The van der Waals surface area contributed by atoms with Crippen molar-refractivity contribution in [3.63, 3.8) is 0 Å². The number of nitroso groups, excluding NO2 is 1. The third kappa shape index (κ3) is 6.19. The summed E-state index contributed by atoms with van der Waals surface area (Å²) in [5.41, 5.74) is 7.99. The fraction of sp³-hybridized carbons (Fsp3) is 0.235. The summed E-state index contributed by atoms with van der Waals surface area (Å²) in [7, 11) is 0. The minimum atomic E-state index is -0.693. The van der Waals surface area contributed by atoms with Gasteiger partial charge in [0, 0.05) is 28.9 Å². The van der Waals surface area contributed by atoms with Crippen LogP contribution in [0.1, 0.15) is 50.5 Å². The zero-order valence-corrected chi connectivity index (χ0v) is 23.4. The first-order chi connectivity index (χ1) is 19.8. The molecule has 0 saturated heterocycles. The normalized spacial score (nSPS) is 14.0. The number of hydrogen-bond donors (Lipinski definition) is 1. The standard InChI is InChI=1S/C34H32N2O5/c1-21-8-9-24(29(18-21)27-7-5-4-6-22(27)2)14-16-35-33(37)25-10-12-26(13-11-25)41-31-20-32-30(19-23(31)3)28(15-17-40-32)34(38)36-39/h4-13,18-20,28H,14-17H2,1-3H3,(H,35,37). The smallest absolute Gasteiger partial charge is 0.294 e. The molecule has 4 aromatic carbocycles. The maximum Gasteiger partial charge on any atom is 0.294 e. The Labute approximate surface area is 239 Å². The Hall–Kier alpha value is -4.78. The summed E-state index contributed by atoms with van der Waals surface area (Å²) in [6, 6.07) is 25.3. The number of benzene rings is 4. The molecular weight excluding hydrogens is 516 g/mol. The van der Waals surface area contributed by atoms with E-state index in [0.29, 0.717) is 54.4 Å². The Kier molecular flexibility index (Phi) is 8.24. The average Bonchev–Trinajstić information content (AvgIpc) is 2.98. The predicted octanol–water partition coefficient (Wildman–Crippen LogP) is 7.20. The van der Waals surface area contributed by atoms with E-state index in [4.69, 9.17) is 9.47 Å². The maximum absolute atomic E-state index is 12.9. The van der Waals surface area contributed by atoms with Crippen LogP contribution in [-0.4, -0.2) is 25.0 Å². The van der Waals surface area contributed by atoms with Gasteiger partial charge in [-0.25, -0.2) is 0 Å². The molecule has 1 heterocycles. The number of hydrogen-bond acceptors (Lipinski definition) is 5. The SMILES string of the molecule is Cc1ccc(CCNC(=O)c2ccc(Oc3cc4c(cc3C)C(C(=O)N=O)CCO4)cc2)c(-c2ccccc2C)c1. The summed E-state index contributed by atoms with van der Waals surface area (Å²) < 4.78 is 11.8. The summed E-state index contributed by atoms with van der Waals surface area (Å²) in [6.45, 7) is 6.90. The van der Waals surface area contributed by atoms with Crippen molar-refractivity contribution >= 4 is 11.8 Å². The van der Waals surface area contributed by atoms with E-state index in [0.717, 1.165) is 5.56 Å². The second-order valence-electron chi connectivity index (χ2n) is 10.4. The van der Waals surface area contributed by atoms with Gasteiger partial charge in [0.05, 0.1) is 12.5 Å². The number of nitrogens with one attached hydrogen (secondary N) is 1. The fourth-order valence-electron chi connectivity index (χ4n) is 5.21. The van der Waals surface area contributed by atoms with Crippen LogP contribution in [0.5, 0.6) is 17.2 Å². The van der Waals surface area contributed by atoms with Crippen LogP contribution in [0.2, 0.25) is 0 Å². The largest absolute Gasteiger partial charge is 0.493 e. The molecule has 1 atom stereocenters. The molecule has 0 aliphatic carbocycles. The van der Waals surface area contributed by atoms with Crippen molar-refractivity contribution in [3.05, 3.63) is 117 Å². The topological polar surface area (TPSA) is 94.1 Å². The molecule has 0 aromatic heterocycles. The molecule has 2 amide bonds. The molecule has 1 aliphatic heterocycles. The van der Waals surface area contributed by atoms with Crippen molar-refractivity contribution in [2.24, 2.45) is 5.18 Å². The van der Waals surface area contributed by atoms with Crippen LogP contribution >= 0.6 is 0 Å². The van der Waals surface area contributed by atoms with Crippen LogP contribution in [-0.2, 0) is 11.2 Å². The minimum Gasteiger partial charge on any atom is -0.493 e. The molecule has 1 aliphatic rings. The monoisotopic (exact) mass is 548 g/mol. The van der Waals surface area contributed by atoms with Crippen molar-refractivity contribution in [2.75, 3.05) is 13.2 Å². The van der Waals surface area contributed by atoms with Gasteiger partial charge in [-0.2, -0.15) is 0 Å². The summed E-state index contributed by atoms with van der Waals surface area (Å²) in [4.78, 5) is 35.6. The number of amides is 2. The summed E-state index contributed by atoms with van der Waals surface area (Å²) in [5, 5.41) is 5.63. The summed E-state index contributed by atoms with van der Waals surface area (Å²) >= 11 is 0. The molecule has 7 nitrogen and oxygen atoms in total. The first-order valence-electron chi connectivity index (χ1n) is 13.7. The Bertz CT molecular complexity index is 1610. The van der Waals surface area contributed by atoms with Crippen molar-refractivity contribution in [3.8, 4) is 28.4 Å². The van der Waals surface area contributed by atoms with Crippen molar-refractivity contribution in [1.29, 1.82) is 0 Å². The second-order valence-corrected chi connectivity index (χ2v) is 10.4. The lowest BCUT2D eigenvalue weighted by molar-refractivity contribution is -0.119. The molecule has 0 spiro atoms. The van der Waals surface area contributed by atoms with E-state index in [1.54, 1.807) is 36.4 Å². The summed E-state index contributed by atoms with van der Waals surface area (Å²) in [5.74, 6) is 0.192. The predicted molar refractivity (Wildman–Crippen MR) is 159 cm³/mol. The lowest BCUT2D eigenvalue weighted by Gasteiger charge is -2.24. The Balaban J connectivity index is 1.22. The zero-order valence-electron chi connectivity index (χ0n) is 23.4. The highest BCUT2D eigenvalue weighted by molar-refractivity contribution is 5.94. The Morgan fingerprint density at radius 1 is 0.927 bits per heavy atom. The van der Waals surface area contributed by atoms with Crippen LogP contribution in [0.25, 0.3) is 11.1 Å². The van der Waals surface area contributed by atoms with E-state index < -0.39 is 11.8 Å². The number of ether oxygens (including phenoxy) is 2. The molecule has 1 unspecified atom stereocenters. The van der Waals surface area contributed by atoms with Gasteiger partial charge in [0.15, 0.2) is 0 Å². The molecule has 5 rings (SSSR count). The van der Waals surface area contributed by atoms with Crippen LogP contribution in [0.15, 0.2) is 84.0 Å². The molecular formula is C34H32N2O5. The van der Waals surface area contributed by atoms with Crippen LogP contribution in [0, 0.1) is 25.7 Å². The highest BCUT2D eigenvalue weighted by Gasteiger charge is 2.29. The Morgan fingerprint density at radius 3 is 2.46 bits per heavy atom. The number of aryl methyl sites for hydroxylation is 3. The minimum absolute atomic E-state index is 0.154. The number of nitrogens with zero attached hydrogens (tertiary/aromatic N) is 1. The Morgan fingerprint density at radius 2 is 1.71 bits per heavy atom. The maximum atomic E-state index is 12.9. The van der Waals surface area contributed by atoms with E-state index in [-0.39, 0.29) is 5.91 Å². The second kappa shape index (κ2) is 12.2. The van der Waals surface area contributed by atoms with Crippen LogP contribution in [0.4, 0.5) is 0 Å². The van der Waals surface area contributed by atoms with Gasteiger partial charge in [0.2, 0.25) is 0 Å². The van der Waals surface area contributed by atoms with Gasteiger partial charge in [-0.05, 0) is 91.8 Å². The lowest BCUT2D eigenvalue weighted by Crippen LogP contribution is -2.25. The number of rotatable bonds is 8.